The third-order valence-corrected chi connectivity index (χ3v) is 2.50. The molecule has 2 aromatic carbocycles. The molecule has 2 nitrogen and oxygen atoms in total. The predicted octanol–water partition coefficient (Wildman–Crippen LogP) is 4.10. The Labute approximate surface area is 107 Å². The van der Waals surface area contributed by atoms with Crippen molar-refractivity contribution >= 4 is 11.8 Å². The van der Waals surface area contributed by atoms with Gasteiger partial charge in [0.2, 0.25) is 0 Å². The summed E-state index contributed by atoms with van der Waals surface area (Å²) in [4.78, 5) is 5.16. The molecule has 0 atom stereocenters. The van der Waals surface area contributed by atoms with Crippen molar-refractivity contribution < 1.29 is 4.84 Å². The van der Waals surface area contributed by atoms with E-state index in [1.54, 1.807) is 6.26 Å². The Morgan fingerprint density at radius 2 is 1.56 bits per heavy atom. The van der Waals surface area contributed by atoms with Gasteiger partial charge in [0, 0.05) is 0 Å². The first-order chi connectivity index (χ1) is 8.86. The second-order valence-corrected chi connectivity index (χ2v) is 3.86. The third-order valence-electron chi connectivity index (χ3n) is 2.50. The van der Waals surface area contributed by atoms with E-state index in [0.717, 1.165) is 16.8 Å². The maximum absolute atomic E-state index is 5.16. The zero-order valence-electron chi connectivity index (χ0n) is 10.3. The van der Waals surface area contributed by atoms with Gasteiger partial charge in [-0.3, -0.25) is 0 Å². The lowest BCUT2D eigenvalue weighted by atomic mass is 10.1. The van der Waals surface area contributed by atoms with E-state index in [4.69, 9.17) is 4.84 Å². The molecule has 2 aromatic rings. The van der Waals surface area contributed by atoms with Gasteiger partial charge in [0.25, 0.3) is 0 Å². The molecule has 0 unspecified atom stereocenters. The Bertz CT molecular complexity index is 530. The number of nitrogens with zero attached hydrogens (tertiary/aromatic N) is 1. The highest BCUT2D eigenvalue weighted by atomic mass is 16.6. The second-order valence-electron chi connectivity index (χ2n) is 3.86. The molecule has 18 heavy (non-hydrogen) atoms. The van der Waals surface area contributed by atoms with E-state index in [9.17, 15) is 0 Å². The summed E-state index contributed by atoms with van der Waals surface area (Å²) < 4.78 is 0. The van der Waals surface area contributed by atoms with Crippen LogP contribution >= 0.6 is 0 Å². The molecule has 0 aromatic heterocycles. The van der Waals surface area contributed by atoms with E-state index >= 15 is 0 Å². The number of oxime groups is 1. The van der Waals surface area contributed by atoms with Crippen LogP contribution in [-0.4, -0.2) is 5.71 Å². The number of hydrogen-bond acceptors (Lipinski definition) is 2. The molecule has 0 fully saturated rings. The van der Waals surface area contributed by atoms with Gasteiger partial charge in [0.1, 0.15) is 6.26 Å². The second kappa shape index (κ2) is 6.40. The molecule has 0 saturated carbocycles. The molecule has 2 heteroatoms. The maximum atomic E-state index is 5.16. The summed E-state index contributed by atoms with van der Waals surface area (Å²) in [6.45, 7) is 1.92. The van der Waals surface area contributed by atoms with Gasteiger partial charge in [-0.1, -0.05) is 65.8 Å². The first kappa shape index (κ1) is 12.1. The Balaban J connectivity index is 1.94. The molecule has 0 aliphatic heterocycles. The Hall–Kier alpha value is -2.35. The van der Waals surface area contributed by atoms with Crippen molar-refractivity contribution in [3.63, 3.8) is 0 Å². The standard InChI is InChI=1S/C16H15NO/c1-14(16-10-6-3-7-11-16)17-18-13-12-15-8-4-2-5-9-15/h2-13H,1H3/b13-12-,17-14+. The molecule has 0 radical (unpaired) electrons. The van der Waals surface area contributed by atoms with E-state index in [2.05, 4.69) is 5.16 Å². The third kappa shape index (κ3) is 3.59. The molecule has 0 N–H and O–H groups in total. The largest absolute Gasteiger partial charge is 0.365 e. The molecule has 0 bridgehead atoms. The van der Waals surface area contributed by atoms with Crippen molar-refractivity contribution in [3.8, 4) is 0 Å². The topological polar surface area (TPSA) is 21.6 Å². The Morgan fingerprint density at radius 3 is 2.22 bits per heavy atom. The van der Waals surface area contributed by atoms with Crippen molar-refractivity contribution in [2.45, 2.75) is 6.92 Å². The van der Waals surface area contributed by atoms with Crippen molar-refractivity contribution in [2.24, 2.45) is 5.16 Å². The van der Waals surface area contributed by atoms with E-state index in [1.807, 2.05) is 73.7 Å². The minimum atomic E-state index is 0.855. The minimum absolute atomic E-state index is 0.855. The zero-order chi connectivity index (χ0) is 12.6. The van der Waals surface area contributed by atoms with Gasteiger partial charge in [-0.25, -0.2) is 0 Å². The first-order valence-corrected chi connectivity index (χ1v) is 5.84. The van der Waals surface area contributed by atoms with Crippen LogP contribution in [0.1, 0.15) is 18.1 Å². The molecular weight excluding hydrogens is 222 g/mol. The van der Waals surface area contributed by atoms with Crippen LogP contribution in [0.15, 0.2) is 72.1 Å². The van der Waals surface area contributed by atoms with Crippen molar-refractivity contribution in [1.82, 2.24) is 0 Å². The Morgan fingerprint density at radius 1 is 0.944 bits per heavy atom. The molecule has 0 aliphatic rings. The van der Waals surface area contributed by atoms with Crippen LogP contribution in [-0.2, 0) is 4.84 Å². The maximum Gasteiger partial charge on any atom is 0.122 e. The number of hydrogen-bond donors (Lipinski definition) is 0. The summed E-state index contributed by atoms with van der Waals surface area (Å²) in [7, 11) is 0. The summed E-state index contributed by atoms with van der Waals surface area (Å²) in [5, 5.41) is 4.04. The molecular formula is C16H15NO. The summed E-state index contributed by atoms with van der Waals surface area (Å²) in [6, 6.07) is 19.9. The van der Waals surface area contributed by atoms with E-state index in [-0.39, 0.29) is 0 Å². The monoisotopic (exact) mass is 237 g/mol. The van der Waals surface area contributed by atoms with Crippen LogP contribution in [0.3, 0.4) is 0 Å². The molecule has 0 heterocycles. The fraction of sp³-hybridized carbons (Fsp3) is 0.0625. The smallest absolute Gasteiger partial charge is 0.122 e. The molecule has 0 saturated heterocycles. The van der Waals surface area contributed by atoms with E-state index in [0.29, 0.717) is 0 Å². The average molecular weight is 237 g/mol. The summed E-state index contributed by atoms with van der Waals surface area (Å²) in [5.41, 5.74) is 3.00. The van der Waals surface area contributed by atoms with Gasteiger partial charge >= 0.3 is 0 Å². The Kier molecular flexibility index (Phi) is 4.31. The average Bonchev–Trinajstić information content (AvgIpc) is 2.45. The highest BCUT2D eigenvalue weighted by Crippen LogP contribution is 2.03. The van der Waals surface area contributed by atoms with Crippen LogP contribution in [0.25, 0.3) is 6.08 Å². The van der Waals surface area contributed by atoms with Crippen molar-refractivity contribution in [2.75, 3.05) is 0 Å². The van der Waals surface area contributed by atoms with Gasteiger partial charge in [0.05, 0.1) is 5.71 Å². The summed E-state index contributed by atoms with van der Waals surface area (Å²) >= 11 is 0. The summed E-state index contributed by atoms with van der Waals surface area (Å²) in [6.07, 6.45) is 3.46. The number of benzene rings is 2. The van der Waals surface area contributed by atoms with E-state index in [1.165, 1.54) is 0 Å². The fourth-order valence-corrected chi connectivity index (χ4v) is 1.51. The predicted molar refractivity (Wildman–Crippen MR) is 75.2 cm³/mol. The lowest BCUT2D eigenvalue weighted by molar-refractivity contribution is 0.271. The minimum Gasteiger partial charge on any atom is -0.365 e. The van der Waals surface area contributed by atoms with Crippen molar-refractivity contribution in [3.05, 3.63) is 78.1 Å². The quantitative estimate of drug-likeness (QED) is 0.445. The van der Waals surface area contributed by atoms with Crippen LogP contribution in [0.5, 0.6) is 0 Å². The highest BCUT2D eigenvalue weighted by Gasteiger charge is 1.94. The van der Waals surface area contributed by atoms with Gasteiger partial charge in [0.15, 0.2) is 0 Å². The normalized spacial score (nSPS) is 11.7. The van der Waals surface area contributed by atoms with Gasteiger partial charge in [-0.15, -0.1) is 0 Å². The molecule has 2 rings (SSSR count). The lowest BCUT2D eigenvalue weighted by Gasteiger charge is -1.98. The molecule has 90 valence electrons. The molecule has 0 amide bonds. The first-order valence-electron chi connectivity index (χ1n) is 5.84. The fourth-order valence-electron chi connectivity index (χ4n) is 1.51. The SMILES string of the molecule is C/C(=N\O/C=C\c1ccccc1)c1ccccc1. The van der Waals surface area contributed by atoms with Crippen LogP contribution in [0.2, 0.25) is 0 Å². The van der Waals surface area contributed by atoms with E-state index < -0.39 is 0 Å². The highest BCUT2D eigenvalue weighted by molar-refractivity contribution is 5.98. The molecule has 0 aliphatic carbocycles. The lowest BCUT2D eigenvalue weighted by Crippen LogP contribution is -1.93. The van der Waals surface area contributed by atoms with Gasteiger partial charge in [-0.2, -0.15) is 0 Å². The van der Waals surface area contributed by atoms with Gasteiger partial charge in [-0.05, 0) is 24.1 Å². The summed E-state index contributed by atoms with van der Waals surface area (Å²) in [5.74, 6) is 0. The zero-order valence-corrected chi connectivity index (χ0v) is 10.3. The van der Waals surface area contributed by atoms with Crippen LogP contribution in [0.4, 0.5) is 0 Å². The number of rotatable bonds is 4. The van der Waals surface area contributed by atoms with Crippen LogP contribution < -0.4 is 0 Å². The van der Waals surface area contributed by atoms with Gasteiger partial charge < -0.3 is 4.84 Å². The van der Waals surface area contributed by atoms with Crippen molar-refractivity contribution in [1.29, 1.82) is 0 Å². The molecule has 0 spiro atoms. The van der Waals surface area contributed by atoms with Crippen LogP contribution in [0, 0.1) is 0 Å².